The van der Waals surface area contributed by atoms with Crippen LogP contribution < -0.4 is 5.56 Å². The molecule has 1 N–H and O–H groups in total. The minimum absolute atomic E-state index is 0.0325. The summed E-state index contributed by atoms with van der Waals surface area (Å²) >= 11 is 0. The van der Waals surface area contributed by atoms with Crippen molar-refractivity contribution in [2.45, 2.75) is 25.4 Å². The van der Waals surface area contributed by atoms with E-state index in [4.69, 9.17) is 0 Å². The average Bonchev–Trinajstić information content (AvgIpc) is 2.55. The summed E-state index contributed by atoms with van der Waals surface area (Å²) in [7, 11) is 0. The Hall–Kier alpha value is -2.67. The Kier molecular flexibility index (Phi) is 3.80. The summed E-state index contributed by atoms with van der Waals surface area (Å²) in [6.07, 6.45) is 1.04. The van der Waals surface area contributed by atoms with Gasteiger partial charge in [0.05, 0.1) is 4.92 Å². The normalized spacial score (nSPS) is 22.4. The molecule has 0 saturated carbocycles. The van der Waals surface area contributed by atoms with E-state index in [1.807, 2.05) is 10.6 Å². The number of fused-ring (bicyclic) bond motifs is 4. The zero-order valence-electron chi connectivity index (χ0n) is 13.7. The summed E-state index contributed by atoms with van der Waals surface area (Å²) in [5, 5.41) is 20.9. The van der Waals surface area contributed by atoms with Crippen LogP contribution in [0.25, 0.3) is 0 Å². The molecule has 0 unspecified atom stereocenters. The largest absolute Gasteiger partial charge is 0.508 e. The van der Waals surface area contributed by atoms with Crippen molar-refractivity contribution in [1.29, 1.82) is 0 Å². The fraction of sp³-hybridized carbons (Fsp3) is 0.389. The SMILES string of the molecule is O=c1cccc2n1C[C@H]1C[C@H]2CN(Cc2cc(O)ccc2[N+](=O)[O-])C1. The third kappa shape index (κ3) is 2.91. The third-order valence-corrected chi connectivity index (χ3v) is 5.21. The Morgan fingerprint density at radius 2 is 2.04 bits per heavy atom. The van der Waals surface area contributed by atoms with Crippen LogP contribution in [0.1, 0.15) is 23.6 Å². The molecule has 2 aliphatic rings. The first-order chi connectivity index (χ1) is 12.0. The van der Waals surface area contributed by atoms with Crippen molar-refractivity contribution in [2.75, 3.05) is 13.1 Å². The van der Waals surface area contributed by atoms with Crippen LogP contribution in [0.15, 0.2) is 41.2 Å². The second-order valence-corrected chi connectivity index (χ2v) is 6.96. The lowest BCUT2D eigenvalue weighted by molar-refractivity contribution is -0.385. The minimum atomic E-state index is -0.408. The van der Waals surface area contributed by atoms with Gasteiger partial charge in [-0.25, -0.2) is 0 Å². The number of phenols is 1. The zero-order chi connectivity index (χ0) is 17.6. The molecule has 3 heterocycles. The van der Waals surface area contributed by atoms with Gasteiger partial charge in [-0.2, -0.15) is 0 Å². The number of piperidine rings is 1. The molecule has 0 radical (unpaired) electrons. The number of hydrogen-bond donors (Lipinski definition) is 1. The van der Waals surface area contributed by atoms with Gasteiger partial charge in [0.15, 0.2) is 0 Å². The number of nitro groups is 1. The van der Waals surface area contributed by atoms with E-state index in [1.54, 1.807) is 12.1 Å². The second kappa shape index (κ2) is 6.00. The highest BCUT2D eigenvalue weighted by atomic mass is 16.6. The Morgan fingerprint density at radius 1 is 1.20 bits per heavy atom. The molecule has 2 bridgehead atoms. The van der Waals surface area contributed by atoms with Crippen LogP contribution in [-0.2, 0) is 13.1 Å². The highest BCUT2D eigenvalue weighted by Crippen LogP contribution is 2.36. The molecule has 2 aromatic rings. The Morgan fingerprint density at radius 3 is 2.84 bits per heavy atom. The van der Waals surface area contributed by atoms with Crippen molar-refractivity contribution in [3.8, 4) is 5.75 Å². The number of pyridine rings is 1. The molecular weight excluding hydrogens is 322 g/mol. The van der Waals surface area contributed by atoms with Crippen LogP contribution in [0, 0.1) is 16.0 Å². The van der Waals surface area contributed by atoms with E-state index >= 15 is 0 Å². The van der Waals surface area contributed by atoms with Crippen molar-refractivity contribution in [3.05, 3.63) is 68.1 Å². The standard InChI is InChI=1S/C18H19N3O4/c22-15-4-5-17(21(24)25)14(7-15)11-19-8-12-6-13(10-19)16-2-1-3-18(23)20(16)9-12/h1-5,7,12-13,22H,6,8-11H2/t12-,13-/m0/s1. The van der Waals surface area contributed by atoms with Gasteiger partial charge in [-0.15, -0.1) is 0 Å². The molecule has 0 amide bonds. The van der Waals surface area contributed by atoms with E-state index in [0.717, 1.165) is 25.2 Å². The second-order valence-electron chi connectivity index (χ2n) is 6.96. The fourth-order valence-electron chi connectivity index (χ4n) is 4.24. The molecule has 25 heavy (non-hydrogen) atoms. The van der Waals surface area contributed by atoms with Crippen LogP contribution in [0.5, 0.6) is 5.75 Å². The Labute approximate surface area is 144 Å². The number of phenolic OH excluding ortho intramolecular Hbond substituents is 1. The number of likely N-dealkylation sites (tertiary alicyclic amines) is 1. The number of hydrogen-bond acceptors (Lipinski definition) is 5. The van der Waals surface area contributed by atoms with Gasteiger partial charge < -0.3 is 9.67 Å². The molecular formula is C18H19N3O4. The lowest BCUT2D eigenvalue weighted by atomic mass is 9.83. The molecule has 0 aliphatic carbocycles. The van der Waals surface area contributed by atoms with Gasteiger partial charge in [-0.3, -0.25) is 19.8 Å². The van der Waals surface area contributed by atoms with Crippen LogP contribution in [0.2, 0.25) is 0 Å². The van der Waals surface area contributed by atoms with Crippen molar-refractivity contribution < 1.29 is 10.0 Å². The number of nitrogens with zero attached hydrogens (tertiary/aromatic N) is 3. The number of aromatic hydroxyl groups is 1. The molecule has 2 atom stereocenters. The van der Waals surface area contributed by atoms with Gasteiger partial charge in [0, 0.05) is 55.5 Å². The highest BCUT2D eigenvalue weighted by Gasteiger charge is 2.35. The van der Waals surface area contributed by atoms with E-state index in [1.165, 1.54) is 18.2 Å². The van der Waals surface area contributed by atoms with E-state index in [-0.39, 0.29) is 22.9 Å². The number of aromatic nitrogens is 1. The molecule has 2 aliphatic heterocycles. The molecule has 0 spiro atoms. The third-order valence-electron chi connectivity index (χ3n) is 5.21. The van der Waals surface area contributed by atoms with Crippen molar-refractivity contribution in [2.24, 2.45) is 5.92 Å². The monoisotopic (exact) mass is 341 g/mol. The van der Waals surface area contributed by atoms with E-state index in [9.17, 15) is 20.0 Å². The predicted octanol–water partition coefficient (Wildman–Crippen LogP) is 2.08. The molecule has 1 aromatic heterocycles. The van der Waals surface area contributed by atoms with Crippen LogP contribution in [0.4, 0.5) is 5.69 Å². The quantitative estimate of drug-likeness (QED) is 0.682. The molecule has 1 aromatic carbocycles. The highest BCUT2D eigenvalue weighted by molar-refractivity contribution is 5.44. The summed E-state index contributed by atoms with van der Waals surface area (Å²) < 4.78 is 1.87. The van der Waals surface area contributed by atoms with Gasteiger partial charge in [0.1, 0.15) is 5.75 Å². The van der Waals surface area contributed by atoms with Gasteiger partial charge in [-0.1, -0.05) is 6.07 Å². The summed E-state index contributed by atoms with van der Waals surface area (Å²) in [5.41, 5.74) is 1.66. The maximum absolute atomic E-state index is 12.1. The minimum Gasteiger partial charge on any atom is -0.508 e. The topological polar surface area (TPSA) is 88.6 Å². The van der Waals surface area contributed by atoms with Crippen LogP contribution in [0.3, 0.4) is 0 Å². The van der Waals surface area contributed by atoms with Crippen LogP contribution in [-0.4, -0.2) is 32.6 Å². The van der Waals surface area contributed by atoms with Gasteiger partial charge in [0.25, 0.3) is 11.2 Å². The molecule has 1 saturated heterocycles. The lowest BCUT2D eigenvalue weighted by Crippen LogP contribution is -2.46. The first-order valence-electron chi connectivity index (χ1n) is 8.39. The summed E-state index contributed by atoms with van der Waals surface area (Å²) in [4.78, 5) is 25.1. The summed E-state index contributed by atoms with van der Waals surface area (Å²) in [6, 6.07) is 9.56. The molecule has 7 heteroatoms. The lowest BCUT2D eigenvalue weighted by Gasteiger charge is -2.42. The Bertz CT molecular complexity index is 892. The average molecular weight is 341 g/mol. The Balaban J connectivity index is 1.60. The van der Waals surface area contributed by atoms with Crippen LogP contribution >= 0.6 is 0 Å². The van der Waals surface area contributed by atoms with Gasteiger partial charge in [-0.05, 0) is 30.5 Å². The fourth-order valence-corrected chi connectivity index (χ4v) is 4.24. The smallest absolute Gasteiger partial charge is 0.274 e. The molecule has 130 valence electrons. The molecule has 7 nitrogen and oxygen atoms in total. The zero-order valence-corrected chi connectivity index (χ0v) is 13.7. The summed E-state index contributed by atoms with van der Waals surface area (Å²) in [6.45, 7) is 2.68. The first-order valence-corrected chi connectivity index (χ1v) is 8.39. The van der Waals surface area contributed by atoms with E-state index < -0.39 is 4.92 Å². The first kappa shape index (κ1) is 15.8. The van der Waals surface area contributed by atoms with Crippen molar-refractivity contribution in [1.82, 2.24) is 9.47 Å². The number of benzene rings is 1. The maximum Gasteiger partial charge on any atom is 0.274 e. The number of rotatable bonds is 3. The number of nitro benzene ring substituents is 1. The van der Waals surface area contributed by atoms with Gasteiger partial charge in [0.2, 0.25) is 0 Å². The van der Waals surface area contributed by atoms with Crippen molar-refractivity contribution in [3.63, 3.8) is 0 Å². The van der Waals surface area contributed by atoms with E-state index in [2.05, 4.69) is 4.90 Å². The predicted molar refractivity (Wildman–Crippen MR) is 91.6 cm³/mol. The maximum atomic E-state index is 12.1. The molecule has 4 rings (SSSR count). The van der Waals surface area contributed by atoms with Gasteiger partial charge >= 0.3 is 0 Å². The molecule has 1 fully saturated rings. The van der Waals surface area contributed by atoms with Crippen molar-refractivity contribution >= 4 is 5.69 Å². The van der Waals surface area contributed by atoms with E-state index in [0.29, 0.717) is 24.6 Å². The summed E-state index contributed by atoms with van der Waals surface area (Å²) in [5.74, 6) is 0.662.